The van der Waals surface area contributed by atoms with Crippen LogP contribution in [0.25, 0.3) is 0 Å². The average molecular weight is 212 g/mol. The number of carbonyl (C=O) groups excluding carboxylic acids is 1. The van der Waals surface area contributed by atoms with Crippen LogP contribution >= 0.6 is 0 Å². The molecule has 0 amide bonds. The summed E-state index contributed by atoms with van der Waals surface area (Å²) in [6, 6.07) is 0. The third-order valence-electron chi connectivity index (χ3n) is 2.55. The van der Waals surface area contributed by atoms with E-state index in [1.807, 2.05) is 20.8 Å². The molecule has 1 aliphatic heterocycles. The molecule has 3 heteroatoms. The van der Waals surface area contributed by atoms with Crippen LogP contribution in [0.15, 0.2) is 12.7 Å². The van der Waals surface area contributed by atoms with Crippen molar-refractivity contribution >= 4 is 5.97 Å². The third kappa shape index (κ3) is 2.59. The first-order valence-corrected chi connectivity index (χ1v) is 5.29. The molecule has 1 rings (SSSR count). The van der Waals surface area contributed by atoms with E-state index in [0.717, 1.165) is 6.42 Å². The number of ether oxygens (including phenoxy) is 2. The summed E-state index contributed by atoms with van der Waals surface area (Å²) in [7, 11) is 0. The van der Waals surface area contributed by atoms with Crippen LogP contribution in [0.2, 0.25) is 0 Å². The molecule has 3 nitrogen and oxygen atoms in total. The van der Waals surface area contributed by atoms with Gasteiger partial charge in [-0.2, -0.15) is 0 Å². The van der Waals surface area contributed by atoms with Gasteiger partial charge in [0.05, 0.1) is 0 Å². The molecule has 0 aromatic carbocycles. The van der Waals surface area contributed by atoms with Gasteiger partial charge in [0.25, 0.3) is 0 Å². The van der Waals surface area contributed by atoms with Gasteiger partial charge in [-0.15, -0.1) is 6.58 Å². The Morgan fingerprint density at radius 2 is 2.13 bits per heavy atom. The van der Waals surface area contributed by atoms with Gasteiger partial charge >= 0.3 is 5.97 Å². The molecular formula is C12H20O3. The molecule has 0 radical (unpaired) electrons. The molecule has 15 heavy (non-hydrogen) atoms. The van der Waals surface area contributed by atoms with Crippen LogP contribution in [0.3, 0.4) is 0 Å². The first-order chi connectivity index (χ1) is 6.79. The summed E-state index contributed by atoms with van der Waals surface area (Å²) in [5, 5.41) is 0. The minimum Gasteiger partial charge on any atom is -0.433 e. The lowest BCUT2D eigenvalue weighted by atomic mass is 9.96. The molecule has 1 saturated heterocycles. The van der Waals surface area contributed by atoms with E-state index in [4.69, 9.17) is 9.47 Å². The van der Waals surface area contributed by atoms with Crippen molar-refractivity contribution in [3.8, 4) is 0 Å². The molecule has 0 bridgehead atoms. The molecule has 1 fully saturated rings. The molecule has 1 heterocycles. The molecule has 0 saturated carbocycles. The third-order valence-corrected chi connectivity index (χ3v) is 2.55. The van der Waals surface area contributed by atoms with Gasteiger partial charge in [0.2, 0.25) is 6.29 Å². The van der Waals surface area contributed by atoms with E-state index in [0.29, 0.717) is 6.42 Å². The SMILES string of the molecule is C=CCC[C@@]1(C)OC(C(C)(C)C)OC1=O. The molecule has 2 atom stereocenters. The Hall–Kier alpha value is -0.830. The Balaban J connectivity index is 2.71. The summed E-state index contributed by atoms with van der Waals surface area (Å²) in [6.07, 6.45) is 2.72. The molecule has 0 aromatic heterocycles. The monoisotopic (exact) mass is 212 g/mol. The molecule has 0 N–H and O–H groups in total. The van der Waals surface area contributed by atoms with E-state index in [9.17, 15) is 4.79 Å². The Kier molecular flexibility index (Phi) is 3.24. The summed E-state index contributed by atoms with van der Waals surface area (Å²) in [4.78, 5) is 11.7. The second kappa shape index (κ2) is 3.97. The number of cyclic esters (lactones) is 1. The fraction of sp³-hybridized carbons (Fsp3) is 0.750. The highest BCUT2D eigenvalue weighted by Gasteiger charge is 2.49. The van der Waals surface area contributed by atoms with Gasteiger partial charge in [0.1, 0.15) is 0 Å². The first kappa shape index (κ1) is 12.2. The zero-order valence-electron chi connectivity index (χ0n) is 10.0. The van der Waals surface area contributed by atoms with Gasteiger partial charge in [0.15, 0.2) is 5.60 Å². The van der Waals surface area contributed by atoms with Crippen LogP contribution in [-0.2, 0) is 14.3 Å². The second-order valence-electron chi connectivity index (χ2n) is 5.28. The minimum absolute atomic E-state index is 0.179. The Morgan fingerprint density at radius 3 is 2.53 bits per heavy atom. The summed E-state index contributed by atoms with van der Waals surface area (Å²) in [5.41, 5.74) is -0.978. The number of carbonyl (C=O) groups is 1. The molecule has 0 aromatic rings. The Labute approximate surface area is 91.4 Å². The summed E-state index contributed by atoms with van der Waals surface area (Å²) in [6.45, 7) is 11.4. The molecule has 1 aliphatic rings. The van der Waals surface area contributed by atoms with Crippen molar-refractivity contribution in [1.29, 1.82) is 0 Å². The van der Waals surface area contributed by atoms with Gasteiger partial charge in [0, 0.05) is 5.41 Å². The van der Waals surface area contributed by atoms with E-state index >= 15 is 0 Å². The maximum atomic E-state index is 11.7. The predicted octanol–water partition coefficient (Wildman–Crippen LogP) is 2.66. The average Bonchev–Trinajstić information content (AvgIpc) is 2.40. The maximum absolute atomic E-state index is 11.7. The molecule has 86 valence electrons. The summed E-state index contributed by atoms with van der Waals surface area (Å²) in [5.74, 6) is -0.260. The lowest BCUT2D eigenvalue weighted by Crippen LogP contribution is -2.34. The van der Waals surface area contributed by atoms with Crippen molar-refractivity contribution in [2.24, 2.45) is 5.41 Å². The Bertz CT molecular complexity index is 265. The lowest BCUT2D eigenvalue weighted by Gasteiger charge is -2.26. The lowest BCUT2D eigenvalue weighted by molar-refractivity contribution is -0.155. The topological polar surface area (TPSA) is 35.5 Å². The maximum Gasteiger partial charge on any atom is 0.340 e. The van der Waals surface area contributed by atoms with Crippen molar-refractivity contribution in [1.82, 2.24) is 0 Å². The zero-order chi connectivity index (χ0) is 11.7. The fourth-order valence-corrected chi connectivity index (χ4v) is 1.42. The highest BCUT2D eigenvalue weighted by Crippen LogP contribution is 2.36. The van der Waals surface area contributed by atoms with Gasteiger partial charge in [-0.3, -0.25) is 0 Å². The number of rotatable bonds is 3. The molecular weight excluding hydrogens is 192 g/mol. The van der Waals surface area contributed by atoms with Gasteiger partial charge in [-0.05, 0) is 19.8 Å². The van der Waals surface area contributed by atoms with E-state index in [-0.39, 0.29) is 11.4 Å². The fourth-order valence-electron chi connectivity index (χ4n) is 1.42. The van der Waals surface area contributed by atoms with Crippen LogP contribution in [0, 0.1) is 5.41 Å². The van der Waals surface area contributed by atoms with Crippen LogP contribution in [0.5, 0.6) is 0 Å². The zero-order valence-corrected chi connectivity index (χ0v) is 10.0. The van der Waals surface area contributed by atoms with Crippen molar-refractivity contribution < 1.29 is 14.3 Å². The number of allylic oxidation sites excluding steroid dienone is 1. The van der Waals surface area contributed by atoms with Gasteiger partial charge < -0.3 is 9.47 Å². The number of hydrogen-bond acceptors (Lipinski definition) is 3. The normalized spacial score (nSPS) is 31.5. The minimum atomic E-state index is -0.799. The second-order valence-corrected chi connectivity index (χ2v) is 5.28. The standard InChI is InChI=1S/C12H20O3/c1-6-7-8-12(5)9(13)14-10(15-12)11(2,3)4/h6,10H,1,7-8H2,2-5H3/t10?,12-/m1/s1. The van der Waals surface area contributed by atoms with E-state index < -0.39 is 11.9 Å². The highest BCUT2D eigenvalue weighted by molar-refractivity contribution is 5.80. The molecule has 1 unspecified atom stereocenters. The van der Waals surface area contributed by atoms with Crippen molar-refractivity contribution in [3.05, 3.63) is 12.7 Å². The van der Waals surface area contributed by atoms with E-state index in [1.54, 1.807) is 13.0 Å². The highest BCUT2D eigenvalue weighted by atomic mass is 16.8. The Morgan fingerprint density at radius 1 is 1.53 bits per heavy atom. The van der Waals surface area contributed by atoms with Gasteiger partial charge in [-0.25, -0.2) is 4.79 Å². The van der Waals surface area contributed by atoms with Crippen LogP contribution in [-0.4, -0.2) is 17.9 Å². The molecule has 0 spiro atoms. The smallest absolute Gasteiger partial charge is 0.340 e. The quantitative estimate of drug-likeness (QED) is 0.533. The number of esters is 1. The van der Waals surface area contributed by atoms with Crippen molar-refractivity contribution in [2.45, 2.75) is 52.4 Å². The number of hydrogen-bond donors (Lipinski definition) is 0. The first-order valence-electron chi connectivity index (χ1n) is 5.29. The summed E-state index contributed by atoms with van der Waals surface area (Å²) < 4.78 is 11.0. The predicted molar refractivity (Wildman–Crippen MR) is 58.3 cm³/mol. The van der Waals surface area contributed by atoms with Gasteiger partial charge in [-0.1, -0.05) is 26.8 Å². The van der Waals surface area contributed by atoms with Crippen LogP contribution in [0.4, 0.5) is 0 Å². The van der Waals surface area contributed by atoms with E-state index in [2.05, 4.69) is 6.58 Å². The van der Waals surface area contributed by atoms with Crippen molar-refractivity contribution in [2.75, 3.05) is 0 Å². The molecule has 0 aliphatic carbocycles. The van der Waals surface area contributed by atoms with E-state index in [1.165, 1.54) is 0 Å². The largest absolute Gasteiger partial charge is 0.433 e. The van der Waals surface area contributed by atoms with Crippen LogP contribution < -0.4 is 0 Å². The van der Waals surface area contributed by atoms with Crippen molar-refractivity contribution in [3.63, 3.8) is 0 Å². The summed E-state index contributed by atoms with van der Waals surface area (Å²) >= 11 is 0. The van der Waals surface area contributed by atoms with Crippen LogP contribution in [0.1, 0.15) is 40.5 Å².